The molecule has 0 bridgehead atoms. The molecule has 2 aliphatic rings. The van der Waals surface area contributed by atoms with E-state index in [2.05, 4.69) is 41.5 Å². The molecule has 1 spiro atoms. The number of ether oxygens (including phenoxy) is 1. The molecule has 4 rings (SSSR count). The van der Waals surface area contributed by atoms with Gasteiger partial charge in [0.15, 0.2) is 0 Å². The molecule has 2 amide bonds. The Labute approximate surface area is 151 Å². The Balaban J connectivity index is 1.42. The number of benzene rings is 1. The monoisotopic (exact) mass is 358 g/mol. The average Bonchev–Trinajstić information content (AvgIpc) is 3.29. The molecule has 1 N–H and O–H groups in total. The van der Waals surface area contributed by atoms with E-state index in [0.29, 0.717) is 30.7 Å². The highest BCUT2D eigenvalue weighted by Gasteiger charge is 2.46. The fourth-order valence-corrected chi connectivity index (χ4v) is 4.53. The maximum Gasteiger partial charge on any atom is 0.323 e. The van der Waals surface area contributed by atoms with Gasteiger partial charge in [0.25, 0.3) is 0 Å². The van der Waals surface area contributed by atoms with Crippen LogP contribution in [0.2, 0.25) is 0 Å². The Bertz CT molecular complexity index is 791. The number of carbonyl (C=O) groups excluding carboxylic acids is 1. The zero-order chi connectivity index (χ0) is 17.4. The van der Waals surface area contributed by atoms with Crippen molar-refractivity contribution in [1.29, 1.82) is 0 Å². The summed E-state index contributed by atoms with van der Waals surface area (Å²) < 4.78 is 6.10. The van der Waals surface area contributed by atoms with Crippen molar-refractivity contribution in [3.63, 3.8) is 0 Å². The Morgan fingerprint density at radius 1 is 1.40 bits per heavy atom. The first-order valence-corrected chi connectivity index (χ1v) is 9.48. The molecular weight excluding hydrogens is 336 g/mol. The summed E-state index contributed by atoms with van der Waals surface area (Å²) in [4.78, 5) is 14.4. The third-order valence-electron chi connectivity index (χ3n) is 4.79. The molecule has 1 aromatic heterocycles. The van der Waals surface area contributed by atoms with Crippen LogP contribution < -0.4 is 5.32 Å². The highest BCUT2D eigenvalue weighted by atomic mass is 32.1. The summed E-state index contributed by atoms with van der Waals surface area (Å²) in [6.07, 6.45) is 1.71. The summed E-state index contributed by atoms with van der Waals surface area (Å²) >= 11 is 1.45. The quantitative estimate of drug-likeness (QED) is 0.913. The zero-order valence-electron chi connectivity index (χ0n) is 14.5. The van der Waals surface area contributed by atoms with E-state index in [4.69, 9.17) is 4.74 Å². The van der Waals surface area contributed by atoms with Crippen molar-refractivity contribution in [2.75, 3.05) is 18.4 Å². The topological polar surface area (TPSA) is 67.4 Å². The van der Waals surface area contributed by atoms with Gasteiger partial charge < -0.3 is 9.64 Å². The fourth-order valence-electron chi connectivity index (χ4n) is 3.58. The van der Waals surface area contributed by atoms with Crippen molar-refractivity contribution in [2.45, 2.75) is 38.9 Å². The maximum absolute atomic E-state index is 12.6. The summed E-state index contributed by atoms with van der Waals surface area (Å²) in [7, 11) is 0. The average molecular weight is 358 g/mol. The molecule has 0 radical (unpaired) electrons. The molecule has 1 atom stereocenters. The van der Waals surface area contributed by atoms with Crippen molar-refractivity contribution in [3.8, 4) is 0 Å². The summed E-state index contributed by atoms with van der Waals surface area (Å²) in [6, 6.07) is 8.16. The summed E-state index contributed by atoms with van der Waals surface area (Å²) in [6.45, 7) is 6.16. The molecule has 1 saturated heterocycles. The predicted octanol–water partition coefficient (Wildman–Crippen LogP) is 3.40. The van der Waals surface area contributed by atoms with Gasteiger partial charge in [-0.1, -0.05) is 49.4 Å². The van der Waals surface area contributed by atoms with Gasteiger partial charge in [-0.15, -0.1) is 10.2 Å². The molecule has 0 aliphatic carbocycles. The molecule has 1 aromatic carbocycles. The number of likely N-dealkylation sites (tertiary alicyclic amines) is 1. The molecule has 1 fully saturated rings. The summed E-state index contributed by atoms with van der Waals surface area (Å²) in [5.74, 6) is 0.523. The van der Waals surface area contributed by atoms with Gasteiger partial charge in [0.2, 0.25) is 5.13 Å². The maximum atomic E-state index is 12.6. The van der Waals surface area contributed by atoms with Crippen LogP contribution in [0.5, 0.6) is 0 Å². The van der Waals surface area contributed by atoms with Crippen LogP contribution in [0, 0.1) is 5.92 Å². The molecule has 3 heterocycles. The SMILES string of the molecule is CC(C)Cc1nnc(NC(=O)N2CCC3(C2)OCc2ccccc23)s1. The van der Waals surface area contributed by atoms with Crippen molar-refractivity contribution < 1.29 is 9.53 Å². The minimum absolute atomic E-state index is 0.128. The van der Waals surface area contributed by atoms with Crippen LogP contribution in [0.3, 0.4) is 0 Å². The number of amides is 2. The van der Waals surface area contributed by atoms with E-state index >= 15 is 0 Å². The number of fused-ring (bicyclic) bond motifs is 2. The zero-order valence-corrected chi connectivity index (χ0v) is 15.3. The van der Waals surface area contributed by atoms with Crippen LogP contribution in [0.25, 0.3) is 0 Å². The van der Waals surface area contributed by atoms with E-state index in [1.165, 1.54) is 22.5 Å². The van der Waals surface area contributed by atoms with Gasteiger partial charge in [0.1, 0.15) is 10.6 Å². The second-order valence-corrected chi connectivity index (χ2v) is 8.20. The lowest BCUT2D eigenvalue weighted by Gasteiger charge is -2.24. The lowest BCUT2D eigenvalue weighted by molar-refractivity contribution is -0.0269. The normalized spacial score (nSPS) is 22.0. The van der Waals surface area contributed by atoms with Crippen LogP contribution in [0.4, 0.5) is 9.93 Å². The van der Waals surface area contributed by atoms with Crippen molar-refractivity contribution in [1.82, 2.24) is 15.1 Å². The van der Waals surface area contributed by atoms with E-state index in [1.807, 2.05) is 17.0 Å². The lowest BCUT2D eigenvalue weighted by atomic mass is 9.92. The Morgan fingerprint density at radius 3 is 3.08 bits per heavy atom. The molecule has 25 heavy (non-hydrogen) atoms. The van der Waals surface area contributed by atoms with Crippen LogP contribution >= 0.6 is 11.3 Å². The van der Waals surface area contributed by atoms with Gasteiger partial charge in [0.05, 0.1) is 13.2 Å². The number of nitrogens with zero attached hydrogens (tertiary/aromatic N) is 3. The number of carbonyl (C=O) groups is 1. The molecule has 2 aromatic rings. The number of nitrogens with one attached hydrogen (secondary N) is 1. The first kappa shape index (κ1) is 16.5. The number of hydrogen-bond donors (Lipinski definition) is 1. The van der Waals surface area contributed by atoms with E-state index in [0.717, 1.165) is 17.8 Å². The third kappa shape index (κ3) is 3.14. The minimum atomic E-state index is -0.349. The number of urea groups is 1. The van der Waals surface area contributed by atoms with Gasteiger partial charge in [0, 0.05) is 19.4 Å². The van der Waals surface area contributed by atoms with E-state index < -0.39 is 0 Å². The molecule has 1 unspecified atom stereocenters. The molecule has 2 aliphatic heterocycles. The van der Waals surface area contributed by atoms with Crippen LogP contribution in [0.15, 0.2) is 24.3 Å². The summed E-state index contributed by atoms with van der Waals surface area (Å²) in [5, 5.41) is 12.6. The second-order valence-electron chi connectivity index (χ2n) is 7.14. The predicted molar refractivity (Wildman–Crippen MR) is 96.6 cm³/mol. The van der Waals surface area contributed by atoms with Crippen molar-refractivity contribution in [2.24, 2.45) is 5.92 Å². The molecule has 132 valence electrons. The highest BCUT2D eigenvalue weighted by Crippen LogP contribution is 2.43. The lowest BCUT2D eigenvalue weighted by Crippen LogP contribution is -2.36. The molecule has 6 nitrogen and oxygen atoms in total. The van der Waals surface area contributed by atoms with E-state index in [1.54, 1.807) is 0 Å². The first-order chi connectivity index (χ1) is 12.1. The van der Waals surface area contributed by atoms with Gasteiger partial charge >= 0.3 is 6.03 Å². The molecular formula is C18H22N4O2S. The number of rotatable bonds is 3. The Morgan fingerprint density at radius 2 is 2.24 bits per heavy atom. The van der Waals surface area contributed by atoms with Gasteiger partial charge in [-0.05, 0) is 17.0 Å². The largest absolute Gasteiger partial charge is 0.364 e. The second kappa shape index (κ2) is 6.38. The molecule has 0 saturated carbocycles. The Kier molecular flexibility index (Phi) is 4.21. The third-order valence-corrected chi connectivity index (χ3v) is 5.66. The van der Waals surface area contributed by atoms with Crippen LogP contribution in [0.1, 0.15) is 36.4 Å². The molecule has 7 heteroatoms. The van der Waals surface area contributed by atoms with Gasteiger partial charge in [-0.2, -0.15) is 0 Å². The highest BCUT2D eigenvalue weighted by molar-refractivity contribution is 7.15. The van der Waals surface area contributed by atoms with Gasteiger partial charge in [-0.3, -0.25) is 5.32 Å². The smallest absolute Gasteiger partial charge is 0.323 e. The van der Waals surface area contributed by atoms with Crippen LogP contribution in [-0.2, 0) is 23.4 Å². The fraction of sp³-hybridized carbons (Fsp3) is 0.500. The van der Waals surface area contributed by atoms with Gasteiger partial charge in [-0.25, -0.2) is 4.79 Å². The van der Waals surface area contributed by atoms with E-state index in [-0.39, 0.29) is 11.6 Å². The first-order valence-electron chi connectivity index (χ1n) is 8.66. The standard InChI is InChI=1S/C18H22N4O2S/c1-12(2)9-15-20-21-16(25-15)19-17(23)22-8-7-18(11-22)14-6-4-3-5-13(14)10-24-18/h3-6,12H,7-11H2,1-2H3,(H,19,21,23). The van der Waals surface area contributed by atoms with Crippen molar-refractivity contribution in [3.05, 3.63) is 40.4 Å². The Hall–Kier alpha value is -1.99. The van der Waals surface area contributed by atoms with Crippen LogP contribution in [-0.4, -0.2) is 34.2 Å². The number of anilines is 1. The van der Waals surface area contributed by atoms with Crippen molar-refractivity contribution >= 4 is 22.5 Å². The summed E-state index contributed by atoms with van der Waals surface area (Å²) in [5.41, 5.74) is 2.10. The number of aromatic nitrogens is 2. The van der Waals surface area contributed by atoms with E-state index in [9.17, 15) is 4.79 Å². The minimum Gasteiger partial charge on any atom is -0.364 e. The number of hydrogen-bond acceptors (Lipinski definition) is 5.